The highest BCUT2D eigenvalue weighted by atomic mass is 35.5. The molecule has 1 heterocycles. The molecular formula is C12H13ClN2O2. The molecule has 0 aliphatic heterocycles. The second kappa shape index (κ2) is 6.70. The third kappa shape index (κ3) is 3.92. The van der Waals surface area contributed by atoms with Crippen molar-refractivity contribution < 1.29 is 9.53 Å². The molecule has 1 aromatic carbocycles. The van der Waals surface area contributed by atoms with Gasteiger partial charge in [-0.1, -0.05) is 0 Å². The van der Waals surface area contributed by atoms with E-state index in [4.69, 9.17) is 4.74 Å². The number of imidazole rings is 1. The number of carbonyl (C=O) groups excluding carboxylic acids is 1. The van der Waals surface area contributed by atoms with Crippen LogP contribution in [0.25, 0.3) is 0 Å². The van der Waals surface area contributed by atoms with Crippen LogP contribution < -0.4 is 4.74 Å². The largest absolute Gasteiger partial charge is 0.492 e. The Morgan fingerprint density at radius 3 is 2.65 bits per heavy atom. The van der Waals surface area contributed by atoms with Crippen LogP contribution in [0.1, 0.15) is 10.4 Å². The number of ether oxygens (including phenoxy) is 1. The summed E-state index contributed by atoms with van der Waals surface area (Å²) in [6.45, 7) is 1.34. The van der Waals surface area contributed by atoms with Crippen LogP contribution in [0.4, 0.5) is 0 Å². The Labute approximate surface area is 106 Å². The normalized spacial score (nSPS) is 9.41. The minimum Gasteiger partial charge on any atom is -0.492 e. The number of nitrogens with zero attached hydrogens (tertiary/aromatic N) is 2. The molecule has 90 valence electrons. The van der Waals surface area contributed by atoms with Crippen molar-refractivity contribution in [3.05, 3.63) is 48.5 Å². The zero-order valence-electron chi connectivity index (χ0n) is 9.15. The van der Waals surface area contributed by atoms with Crippen LogP contribution >= 0.6 is 12.4 Å². The summed E-state index contributed by atoms with van der Waals surface area (Å²) in [4.78, 5) is 14.4. The van der Waals surface area contributed by atoms with Crippen molar-refractivity contribution in [3.8, 4) is 5.75 Å². The van der Waals surface area contributed by atoms with E-state index >= 15 is 0 Å². The minimum absolute atomic E-state index is 0. The Hall–Kier alpha value is -1.81. The van der Waals surface area contributed by atoms with Crippen molar-refractivity contribution in [1.82, 2.24) is 9.55 Å². The number of carbonyl (C=O) groups is 1. The molecule has 0 fully saturated rings. The lowest BCUT2D eigenvalue weighted by atomic mass is 10.2. The molecule has 0 aliphatic carbocycles. The van der Waals surface area contributed by atoms with E-state index in [1.54, 1.807) is 36.8 Å². The fourth-order valence-electron chi connectivity index (χ4n) is 1.33. The van der Waals surface area contributed by atoms with Gasteiger partial charge in [0.05, 0.1) is 12.9 Å². The summed E-state index contributed by atoms with van der Waals surface area (Å²) in [6, 6.07) is 7.05. The maximum absolute atomic E-state index is 10.4. The highest BCUT2D eigenvalue weighted by Crippen LogP contribution is 2.10. The maximum Gasteiger partial charge on any atom is 0.150 e. The molecular weight excluding hydrogens is 240 g/mol. The standard InChI is InChI=1S/C12H12N2O2.ClH/c15-9-11-1-3-12(4-2-11)16-8-7-14-6-5-13-10-14;/h1-6,9-10H,7-8H2;1H. The lowest BCUT2D eigenvalue weighted by Gasteiger charge is -2.06. The maximum atomic E-state index is 10.4. The molecule has 0 radical (unpaired) electrons. The number of hydrogen-bond acceptors (Lipinski definition) is 3. The van der Waals surface area contributed by atoms with E-state index < -0.39 is 0 Å². The Bertz CT molecular complexity index is 440. The summed E-state index contributed by atoms with van der Waals surface area (Å²) in [5.74, 6) is 0.769. The summed E-state index contributed by atoms with van der Waals surface area (Å²) in [6.07, 6.45) is 6.19. The van der Waals surface area contributed by atoms with E-state index in [1.807, 2.05) is 10.8 Å². The van der Waals surface area contributed by atoms with Crippen LogP contribution in [-0.2, 0) is 6.54 Å². The molecule has 0 bridgehead atoms. The fourth-order valence-corrected chi connectivity index (χ4v) is 1.33. The number of rotatable bonds is 5. The molecule has 0 aliphatic rings. The topological polar surface area (TPSA) is 44.1 Å². The molecule has 1 aromatic heterocycles. The Morgan fingerprint density at radius 1 is 1.29 bits per heavy atom. The van der Waals surface area contributed by atoms with Crippen molar-refractivity contribution in [2.75, 3.05) is 6.61 Å². The first-order valence-electron chi connectivity index (χ1n) is 5.02. The van der Waals surface area contributed by atoms with E-state index in [2.05, 4.69) is 4.98 Å². The first kappa shape index (κ1) is 13.3. The van der Waals surface area contributed by atoms with Crippen molar-refractivity contribution in [2.45, 2.75) is 6.54 Å². The van der Waals surface area contributed by atoms with E-state index in [0.717, 1.165) is 18.6 Å². The van der Waals surface area contributed by atoms with E-state index in [1.165, 1.54) is 0 Å². The Morgan fingerprint density at radius 2 is 2.06 bits per heavy atom. The van der Waals surface area contributed by atoms with Gasteiger partial charge in [-0.25, -0.2) is 4.98 Å². The zero-order chi connectivity index (χ0) is 11.2. The van der Waals surface area contributed by atoms with E-state index in [-0.39, 0.29) is 12.4 Å². The van der Waals surface area contributed by atoms with Crippen molar-refractivity contribution in [3.63, 3.8) is 0 Å². The quantitative estimate of drug-likeness (QED) is 0.767. The summed E-state index contributed by atoms with van der Waals surface area (Å²) in [5.41, 5.74) is 0.655. The molecule has 0 spiro atoms. The minimum atomic E-state index is 0. The summed E-state index contributed by atoms with van der Waals surface area (Å²) in [7, 11) is 0. The van der Waals surface area contributed by atoms with Crippen molar-refractivity contribution in [1.29, 1.82) is 0 Å². The number of benzene rings is 1. The van der Waals surface area contributed by atoms with Crippen LogP contribution in [0.5, 0.6) is 5.75 Å². The van der Waals surface area contributed by atoms with Crippen molar-refractivity contribution >= 4 is 18.7 Å². The zero-order valence-corrected chi connectivity index (χ0v) is 9.97. The van der Waals surface area contributed by atoms with Crippen molar-refractivity contribution in [2.24, 2.45) is 0 Å². The molecule has 5 heteroatoms. The van der Waals surface area contributed by atoms with Gasteiger partial charge >= 0.3 is 0 Å². The van der Waals surface area contributed by atoms with Gasteiger partial charge in [-0.3, -0.25) is 4.79 Å². The highest BCUT2D eigenvalue weighted by Gasteiger charge is 1.95. The summed E-state index contributed by atoms with van der Waals surface area (Å²) in [5, 5.41) is 0. The smallest absolute Gasteiger partial charge is 0.150 e. The monoisotopic (exact) mass is 252 g/mol. The highest BCUT2D eigenvalue weighted by molar-refractivity contribution is 5.85. The van der Waals surface area contributed by atoms with Gasteiger partial charge < -0.3 is 9.30 Å². The molecule has 0 saturated heterocycles. The van der Waals surface area contributed by atoms with Gasteiger partial charge in [-0.2, -0.15) is 0 Å². The molecule has 0 unspecified atom stereocenters. The van der Waals surface area contributed by atoms with Crippen LogP contribution in [-0.4, -0.2) is 22.4 Å². The molecule has 4 nitrogen and oxygen atoms in total. The average Bonchev–Trinajstić information content (AvgIpc) is 2.83. The fraction of sp³-hybridized carbons (Fsp3) is 0.167. The lowest BCUT2D eigenvalue weighted by Crippen LogP contribution is -2.06. The molecule has 0 atom stereocenters. The number of hydrogen-bond donors (Lipinski definition) is 0. The van der Waals surface area contributed by atoms with Gasteiger partial charge in [0, 0.05) is 18.0 Å². The first-order chi connectivity index (χ1) is 7.88. The number of aromatic nitrogens is 2. The van der Waals surface area contributed by atoms with Gasteiger partial charge in [0.1, 0.15) is 18.6 Å². The molecule has 2 aromatic rings. The average molecular weight is 253 g/mol. The van der Waals surface area contributed by atoms with Gasteiger partial charge in [-0.05, 0) is 24.3 Å². The number of halogens is 1. The lowest BCUT2D eigenvalue weighted by molar-refractivity contribution is 0.112. The van der Waals surface area contributed by atoms with Gasteiger partial charge in [0.25, 0.3) is 0 Å². The SMILES string of the molecule is Cl.O=Cc1ccc(OCCn2ccnc2)cc1. The second-order valence-corrected chi connectivity index (χ2v) is 3.34. The third-order valence-corrected chi connectivity index (χ3v) is 2.19. The predicted octanol–water partition coefficient (Wildman–Crippen LogP) is 2.20. The van der Waals surface area contributed by atoms with Crippen LogP contribution in [0.15, 0.2) is 43.0 Å². The van der Waals surface area contributed by atoms with Crippen LogP contribution in [0.3, 0.4) is 0 Å². The molecule has 0 saturated carbocycles. The molecule has 2 rings (SSSR count). The Kier molecular flexibility index (Phi) is 5.23. The second-order valence-electron chi connectivity index (χ2n) is 3.34. The van der Waals surface area contributed by atoms with E-state index in [9.17, 15) is 4.79 Å². The molecule has 17 heavy (non-hydrogen) atoms. The summed E-state index contributed by atoms with van der Waals surface area (Å²) >= 11 is 0. The first-order valence-corrected chi connectivity index (χ1v) is 5.02. The van der Waals surface area contributed by atoms with Gasteiger partial charge in [-0.15, -0.1) is 12.4 Å². The van der Waals surface area contributed by atoms with Gasteiger partial charge in [0.15, 0.2) is 0 Å². The van der Waals surface area contributed by atoms with Gasteiger partial charge in [0.2, 0.25) is 0 Å². The third-order valence-electron chi connectivity index (χ3n) is 2.19. The molecule has 0 N–H and O–H groups in total. The van der Waals surface area contributed by atoms with Crippen LogP contribution in [0.2, 0.25) is 0 Å². The Balaban J connectivity index is 0.00000144. The van der Waals surface area contributed by atoms with E-state index in [0.29, 0.717) is 12.2 Å². The molecule has 0 amide bonds. The number of aldehydes is 1. The predicted molar refractivity (Wildman–Crippen MR) is 66.8 cm³/mol. The summed E-state index contributed by atoms with van der Waals surface area (Å²) < 4.78 is 7.46. The van der Waals surface area contributed by atoms with Crippen LogP contribution in [0, 0.1) is 0 Å².